The van der Waals surface area contributed by atoms with E-state index in [9.17, 15) is 14.7 Å². The third-order valence-corrected chi connectivity index (χ3v) is 6.16. The van der Waals surface area contributed by atoms with Gasteiger partial charge < -0.3 is 24.4 Å². The fourth-order valence-electron chi connectivity index (χ4n) is 4.14. The average Bonchev–Trinajstić information content (AvgIpc) is 3.10. The van der Waals surface area contributed by atoms with Gasteiger partial charge in [-0.3, -0.25) is 9.59 Å². The quantitative estimate of drug-likeness (QED) is 0.220. The summed E-state index contributed by atoms with van der Waals surface area (Å²) in [7, 11) is 5.38. The van der Waals surface area contributed by atoms with Gasteiger partial charge in [0.25, 0.3) is 11.7 Å². The van der Waals surface area contributed by atoms with E-state index in [0.29, 0.717) is 42.3 Å². The molecular weight excluding hydrogens is 444 g/mol. The van der Waals surface area contributed by atoms with Crippen LogP contribution in [0.3, 0.4) is 0 Å². The number of hydrogen-bond acceptors (Lipinski definition) is 6. The second kappa shape index (κ2) is 11.9. The van der Waals surface area contributed by atoms with Gasteiger partial charge in [-0.05, 0) is 45.1 Å². The Kier molecular flexibility index (Phi) is 8.93. The van der Waals surface area contributed by atoms with Crippen LogP contribution < -0.4 is 9.47 Å². The van der Waals surface area contributed by atoms with E-state index in [0.717, 1.165) is 24.8 Å². The van der Waals surface area contributed by atoms with Crippen LogP contribution >= 0.6 is 0 Å². The Hall–Kier alpha value is -3.32. The van der Waals surface area contributed by atoms with Gasteiger partial charge in [0.2, 0.25) is 0 Å². The SMILES string of the molecule is CCCCCOc1ccc(C2/C(=C(\O)c3ccc(C)cc3)C(=O)C(=O)N2CCN(C)C)cc1OC. The molecule has 0 radical (unpaired) electrons. The molecule has 7 heteroatoms. The first-order valence-corrected chi connectivity index (χ1v) is 12.1. The summed E-state index contributed by atoms with van der Waals surface area (Å²) in [6.07, 6.45) is 3.13. The predicted octanol–water partition coefficient (Wildman–Crippen LogP) is 4.56. The molecule has 0 saturated carbocycles. The minimum atomic E-state index is -0.737. The highest BCUT2D eigenvalue weighted by Gasteiger charge is 2.46. The first-order chi connectivity index (χ1) is 16.8. The molecule has 1 fully saturated rings. The van der Waals surface area contributed by atoms with Gasteiger partial charge in [0, 0.05) is 18.7 Å². The number of ketones is 1. The van der Waals surface area contributed by atoms with Crippen molar-refractivity contribution in [1.82, 2.24) is 9.80 Å². The number of likely N-dealkylation sites (N-methyl/N-ethyl adjacent to an activating group) is 1. The van der Waals surface area contributed by atoms with E-state index < -0.39 is 17.7 Å². The largest absolute Gasteiger partial charge is 0.507 e. The normalized spacial score (nSPS) is 17.3. The number of rotatable bonds is 11. The van der Waals surface area contributed by atoms with Gasteiger partial charge in [-0.2, -0.15) is 0 Å². The standard InChI is InChI=1S/C28H36N2O5/c1-6-7-8-17-35-22-14-13-21(18-23(22)34-5)25-24(26(31)20-11-9-19(2)10-12-20)27(32)28(33)30(25)16-15-29(3)4/h9-14,18,25,31H,6-8,15-17H2,1-5H3/b26-24+. The van der Waals surface area contributed by atoms with E-state index in [4.69, 9.17) is 9.47 Å². The summed E-state index contributed by atoms with van der Waals surface area (Å²) in [6.45, 7) is 5.58. The molecule has 2 aromatic carbocycles. The average molecular weight is 481 g/mol. The lowest BCUT2D eigenvalue weighted by atomic mass is 9.94. The number of hydrogen-bond donors (Lipinski definition) is 1. The molecule has 1 atom stereocenters. The molecule has 1 N–H and O–H groups in total. The van der Waals surface area contributed by atoms with Crippen molar-refractivity contribution in [3.63, 3.8) is 0 Å². The molecule has 1 saturated heterocycles. The van der Waals surface area contributed by atoms with Crippen LogP contribution in [0, 0.1) is 6.92 Å². The molecule has 0 spiro atoms. The van der Waals surface area contributed by atoms with Crippen molar-refractivity contribution < 1.29 is 24.2 Å². The van der Waals surface area contributed by atoms with Crippen molar-refractivity contribution in [2.45, 2.75) is 39.2 Å². The molecule has 1 unspecified atom stereocenters. The second-order valence-electron chi connectivity index (χ2n) is 9.13. The molecule has 1 heterocycles. The fraction of sp³-hybridized carbons (Fsp3) is 0.429. The van der Waals surface area contributed by atoms with E-state index in [1.165, 1.54) is 4.90 Å². The molecule has 1 aliphatic rings. The number of methoxy groups -OCH3 is 1. The van der Waals surface area contributed by atoms with Crippen molar-refractivity contribution in [2.75, 3.05) is 40.9 Å². The van der Waals surface area contributed by atoms with Crippen LogP contribution in [0.25, 0.3) is 5.76 Å². The van der Waals surface area contributed by atoms with Crippen LogP contribution in [0.4, 0.5) is 0 Å². The number of likely N-dealkylation sites (tertiary alicyclic amines) is 1. The molecular formula is C28H36N2O5. The maximum absolute atomic E-state index is 13.2. The zero-order valence-electron chi connectivity index (χ0n) is 21.3. The van der Waals surface area contributed by atoms with Gasteiger partial charge in [0.1, 0.15) is 5.76 Å². The number of carbonyl (C=O) groups is 2. The number of aliphatic hydroxyl groups excluding tert-OH is 1. The molecule has 35 heavy (non-hydrogen) atoms. The Labute approximate surface area is 207 Å². The van der Waals surface area contributed by atoms with Crippen molar-refractivity contribution in [3.05, 3.63) is 64.7 Å². The third-order valence-electron chi connectivity index (χ3n) is 6.16. The lowest BCUT2D eigenvalue weighted by molar-refractivity contribution is -0.140. The molecule has 188 valence electrons. The first-order valence-electron chi connectivity index (χ1n) is 12.1. The summed E-state index contributed by atoms with van der Waals surface area (Å²) >= 11 is 0. The number of ether oxygens (including phenoxy) is 2. The van der Waals surface area contributed by atoms with Crippen molar-refractivity contribution >= 4 is 17.4 Å². The number of aliphatic hydroxyl groups is 1. The molecule has 1 amide bonds. The Balaban J connectivity index is 2.06. The zero-order valence-corrected chi connectivity index (χ0v) is 21.3. The minimum Gasteiger partial charge on any atom is -0.507 e. The first kappa shape index (κ1) is 26.3. The van der Waals surface area contributed by atoms with Crippen LogP contribution in [-0.2, 0) is 9.59 Å². The van der Waals surface area contributed by atoms with Crippen LogP contribution in [0.15, 0.2) is 48.0 Å². The number of nitrogens with zero attached hydrogens (tertiary/aromatic N) is 2. The van der Waals surface area contributed by atoms with Crippen LogP contribution in [0.2, 0.25) is 0 Å². The summed E-state index contributed by atoms with van der Waals surface area (Å²) in [5.74, 6) is -0.363. The monoisotopic (exact) mass is 480 g/mol. The van der Waals surface area contributed by atoms with E-state index in [2.05, 4.69) is 6.92 Å². The lowest BCUT2D eigenvalue weighted by Gasteiger charge is -2.27. The summed E-state index contributed by atoms with van der Waals surface area (Å²) in [4.78, 5) is 29.7. The predicted molar refractivity (Wildman–Crippen MR) is 137 cm³/mol. The van der Waals surface area contributed by atoms with E-state index in [1.807, 2.05) is 44.1 Å². The number of Topliss-reactive ketones (excluding diaryl/α,β-unsaturated/α-hetero) is 1. The van der Waals surface area contributed by atoms with Crippen molar-refractivity contribution in [2.24, 2.45) is 0 Å². The van der Waals surface area contributed by atoms with Crippen LogP contribution in [0.1, 0.15) is 48.9 Å². The zero-order chi connectivity index (χ0) is 25.5. The van der Waals surface area contributed by atoms with E-state index in [-0.39, 0.29) is 11.3 Å². The second-order valence-corrected chi connectivity index (χ2v) is 9.13. The highest BCUT2D eigenvalue weighted by atomic mass is 16.5. The molecule has 0 aliphatic carbocycles. The number of unbranched alkanes of at least 4 members (excludes halogenated alkanes) is 2. The van der Waals surface area contributed by atoms with Crippen LogP contribution in [0.5, 0.6) is 11.5 Å². The summed E-state index contributed by atoms with van der Waals surface area (Å²) in [5, 5.41) is 11.2. The number of amides is 1. The number of aryl methyl sites for hydroxylation is 1. The Bertz CT molecular complexity index is 1080. The summed E-state index contributed by atoms with van der Waals surface area (Å²) in [6, 6.07) is 11.9. The minimum absolute atomic E-state index is 0.0799. The highest BCUT2D eigenvalue weighted by Crippen LogP contribution is 2.42. The topological polar surface area (TPSA) is 79.3 Å². The molecule has 0 aromatic heterocycles. The van der Waals surface area contributed by atoms with Gasteiger partial charge in [-0.15, -0.1) is 0 Å². The Morgan fingerprint density at radius 2 is 1.77 bits per heavy atom. The van der Waals surface area contributed by atoms with Gasteiger partial charge >= 0.3 is 0 Å². The maximum Gasteiger partial charge on any atom is 0.295 e. The summed E-state index contributed by atoms with van der Waals surface area (Å²) < 4.78 is 11.5. The van der Waals surface area contributed by atoms with Crippen LogP contribution in [-0.4, -0.2) is 67.5 Å². The molecule has 3 rings (SSSR count). The molecule has 0 bridgehead atoms. The van der Waals surface area contributed by atoms with Gasteiger partial charge in [-0.25, -0.2) is 0 Å². The highest BCUT2D eigenvalue weighted by molar-refractivity contribution is 6.46. The van der Waals surface area contributed by atoms with Gasteiger partial charge in [0.05, 0.1) is 25.3 Å². The smallest absolute Gasteiger partial charge is 0.295 e. The van der Waals surface area contributed by atoms with Gasteiger partial charge in [0.15, 0.2) is 11.5 Å². The lowest BCUT2D eigenvalue weighted by Crippen LogP contribution is -2.35. The van der Waals surface area contributed by atoms with Crippen molar-refractivity contribution in [3.8, 4) is 11.5 Å². The fourth-order valence-corrected chi connectivity index (χ4v) is 4.14. The number of carbonyl (C=O) groups excluding carboxylic acids is 2. The van der Waals surface area contributed by atoms with E-state index >= 15 is 0 Å². The Morgan fingerprint density at radius 3 is 2.40 bits per heavy atom. The molecule has 7 nitrogen and oxygen atoms in total. The maximum atomic E-state index is 13.2. The summed E-state index contributed by atoms with van der Waals surface area (Å²) in [5.41, 5.74) is 2.28. The van der Waals surface area contributed by atoms with E-state index in [1.54, 1.807) is 31.4 Å². The third kappa shape index (κ3) is 6.03. The number of benzene rings is 2. The molecule has 1 aliphatic heterocycles. The van der Waals surface area contributed by atoms with Gasteiger partial charge in [-0.1, -0.05) is 55.7 Å². The molecule has 2 aromatic rings. The Morgan fingerprint density at radius 1 is 1.06 bits per heavy atom. The van der Waals surface area contributed by atoms with Crippen molar-refractivity contribution in [1.29, 1.82) is 0 Å².